The van der Waals surface area contributed by atoms with Crippen LogP contribution >= 0.6 is 11.6 Å². The van der Waals surface area contributed by atoms with Crippen LogP contribution in [0.25, 0.3) is 0 Å². The molecule has 1 N–H and O–H groups in total. The molecule has 5 nitrogen and oxygen atoms in total. The molecule has 0 spiro atoms. The molecule has 1 atom stereocenters. The second kappa shape index (κ2) is 7.48. The molecule has 1 unspecified atom stereocenters. The van der Waals surface area contributed by atoms with E-state index in [1.165, 1.54) is 12.1 Å². The Balaban J connectivity index is 1.72. The number of rotatable bonds is 5. The molecule has 0 bridgehead atoms. The van der Waals surface area contributed by atoms with Crippen molar-refractivity contribution in [1.82, 2.24) is 4.98 Å². The van der Waals surface area contributed by atoms with Crippen molar-refractivity contribution in [2.75, 3.05) is 16.8 Å². The fourth-order valence-electron chi connectivity index (χ4n) is 3.20. The minimum atomic E-state index is -0.553. The van der Waals surface area contributed by atoms with Crippen LogP contribution in [0.3, 0.4) is 0 Å². The highest BCUT2D eigenvalue weighted by Gasteiger charge is 2.39. The summed E-state index contributed by atoms with van der Waals surface area (Å²) >= 11 is 5.90. The van der Waals surface area contributed by atoms with Gasteiger partial charge in [-0.15, -0.1) is 0 Å². The van der Waals surface area contributed by atoms with Gasteiger partial charge in [0.15, 0.2) is 6.17 Å². The summed E-state index contributed by atoms with van der Waals surface area (Å²) in [7, 11) is 0. The van der Waals surface area contributed by atoms with E-state index in [-0.39, 0.29) is 10.9 Å². The number of amides is 1. The molecule has 3 aromatic rings. The van der Waals surface area contributed by atoms with Crippen LogP contribution < -0.4 is 15.0 Å². The first-order valence-corrected chi connectivity index (χ1v) is 9.19. The number of anilines is 2. The Morgan fingerprint density at radius 2 is 2.00 bits per heavy atom. The Morgan fingerprint density at radius 1 is 1.21 bits per heavy atom. The molecular weight excluding hydrogens is 381 g/mol. The maximum Gasteiger partial charge on any atom is 0.262 e. The van der Waals surface area contributed by atoms with Crippen molar-refractivity contribution in [2.45, 2.75) is 13.1 Å². The predicted molar refractivity (Wildman–Crippen MR) is 106 cm³/mol. The normalized spacial score (nSPS) is 15.5. The second-order valence-electron chi connectivity index (χ2n) is 6.21. The number of halogens is 2. The van der Waals surface area contributed by atoms with Crippen molar-refractivity contribution in [3.05, 3.63) is 82.9 Å². The largest absolute Gasteiger partial charge is 0.494 e. The monoisotopic (exact) mass is 397 g/mol. The third-order valence-electron chi connectivity index (χ3n) is 4.45. The Labute approximate surface area is 166 Å². The van der Waals surface area contributed by atoms with E-state index in [0.29, 0.717) is 29.2 Å². The van der Waals surface area contributed by atoms with Gasteiger partial charge in [0, 0.05) is 17.6 Å². The highest BCUT2D eigenvalue weighted by molar-refractivity contribution is 6.31. The van der Waals surface area contributed by atoms with Gasteiger partial charge in [-0.05, 0) is 61.5 Å². The lowest BCUT2D eigenvalue weighted by Crippen LogP contribution is -2.32. The van der Waals surface area contributed by atoms with E-state index in [9.17, 15) is 9.18 Å². The van der Waals surface area contributed by atoms with Gasteiger partial charge in [0.2, 0.25) is 0 Å². The average Bonchev–Trinajstić information content (AvgIpc) is 2.98. The van der Waals surface area contributed by atoms with Crippen molar-refractivity contribution in [1.29, 1.82) is 0 Å². The number of benzene rings is 2. The van der Waals surface area contributed by atoms with E-state index in [4.69, 9.17) is 16.3 Å². The van der Waals surface area contributed by atoms with Gasteiger partial charge < -0.3 is 10.1 Å². The quantitative estimate of drug-likeness (QED) is 0.655. The molecular formula is C21H17ClFN3O2. The summed E-state index contributed by atoms with van der Waals surface area (Å²) in [5, 5.41) is 3.25. The first kappa shape index (κ1) is 18.3. The molecule has 1 amide bonds. The van der Waals surface area contributed by atoms with Gasteiger partial charge in [-0.25, -0.2) is 4.39 Å². The molecule has 0 saturated carbocycles. The molecule has 0 radical (unpaired) electrons. The lowest BCUT2D eigenvalue weighted by Gasteiger charge is -2.26. The number of fused-ring (bicyclic) bond motifs is 1. The maximum absolute atomic E-state index is 13.5. The maximum atomic E-state index is 13.5. The number of carbonyl (C=O) groups excluding carboxylic acids is 1. The van der Waals surface area contributed by atoms with Crippen LogP contribution in [0.5, 0.6) is 5.75 Å². The van der Waals surface area contributed by atoms with E-state index in [0.717, 1.165) is 5.75 Å². The van der Waals surface area contributed by atoms with Crippen LogP contribution in [0.1, 0.15) is 29.1 Å². The van der Waals surface area contributed by atoms with E-state index in [2.05, 4.69) is 10.3 Å². The number of carbonyl (C=O) groups is 1. The Bertz CT molecular complexity index is 1030. The van der Waals surface area contributed by atoms with Crippen molar-refractivity contribution in [3.8, 4) is 5.75 Å². The zero-order valence-corrected chi connectivity index (χ0v) is 15.8. The SMILES string of the molecule is CCOc1ccc(N2C(=O)c3cccnc3C2Nc2ccc(F)c(Cl)c2)cc1. The van der Waals surface area contributed by atoms with Crippen molar-refractivity contribution >= 4 is 28.9 Å². The standard InChI is InChI=1S/C21H17ClFN3O2/c1-2-28-15-8-6-14(7-9-15)26-20(19-16(21(26)27)4-3-11-24-19)25-13-5-10-18(23)17(22)12-13/h3-12,20,25H,2H2,1H3. The van der Waals surface area contributed by atoms with Crippen LogP contribution in [0.15, 0.2) is 60.8 Å². The summed E-state index contributed by atoms with van der Waals surface area (Å²) in [5.41, 5.74) is 2.39. The van der Waals surface area contributed by atoms with Crippen LogP contribution in [0, 0.1) is 5.82 Å². The lowest BCUT2D eigenvalue weighted by atomic mass is 10.2. The molecule has 2 heterocycles. The lowest BCUT2D eigenvalue weighted by molar-refractivity contribution is 0.0993. The topological polar surface area (TPSA) is 54.5 Å². The smallest absolute Gasteiger partial charge is 0.262 e. The predicted octanol–water partition coefficient (Wildman–Crippen LogP) is 5.04. The van der Waals surface area contributed by atoms with Gasteiger partial charge >= 0.3 is 0 Å². The highest BCUT2D eigenvalue weighted by Crippen LogP contribution is 2.37. The number of hydrogen-bond acceptors (Lipinski definition) is 4. The summed E-state index contributed by atoms with van der Waals surface area (Å²) in [6.07, 6.45) is 1.09. The van der Waals surface area contributed by atoms with Gasteiger partial charge in [-0.1, -0.05) is 11.6 Å². The minimum absolute atomic E-state index is 0.00295. The van der Waals surface area contributed by atoms with Gasteiger partial charge in [-0.3, -0.25) is 14.7 Å². The molecule has 1 aliphatic rings. The molecule has 0 aliphatic carbocycles. The third kappa shape index (κ3) is 3.27. The summed E-state index contributed by atoms with van der Waals surface area (Å²) in [6.45, 7) is 2.47. The average molecular weight is 398 g/mol. The number of ether oxygens (including phenoxy) is 1. The Morgan fingerprint density at radius 3 is 2.71 bits per heavy atom. The Kier molecular flexibility index (Phi) is 4.88. The van der Waals surface area contributed by atoms with Gasteiger partial charge in [0.05, 0.1) is 22.9 Å². The van der Waals surface area contributed by atoms with E-state index in [1.54, 1.807) is 29.3 Å². The first-order chi connectivity index (χ1) is 13.6. The number of pyridine rings is 1. The van der Waals surface area contributed by atoms with Gasteiger partial charge in [-0.2, -0.15) is 0 Å². The number of hydrogen-bond donors (Lipinski definition) is 1. The van der Waals surface area contributed by atoms with Crippen LogP contribution in [0.4, 0.5) is 15.8 Å². The highest BCUT2D eigenvalue weighted by atomic mass is 35.5. The van der Waals surface area contributed by atoms with E-state index in [1.807, 2.05) is 31.2 Å². The van der Waals surface area contributed by atoms with Crippen LogP contribution in [0.2, 0.25) is 5.02 Å². The molecule has 28 heavy (non-hydrogen) atoms. The summed E-state index contributed by atoms with van der Waals surface area (Å²) in [5.74, 6) is 0.0536. The van der Waals surface area contributed by atoms with Gasteiger partial charge in [0.25, 0.3) is 5.91 Å². The fourth-order valence-corrected chi connectivity index (χ4v) is 3.38. The first-order valence-electron chi connectivity index (χ1n) is 8.81. The zero-order valence-electron chi connectivity index (χ0n) is 15.0. The number of nitrogens with zero attached hydrogens (tertiary/aromatic N) is 2. The van der Waals surface area contributed by atoms with Crippen molar-refractivity contribution < 1.29 is 13.9 Å². The van der Waals surface area contributed by atoms with Crippen molar-refractivity contribution in [3.63, 3.8) is 0 Å². The molecule has 1 aliphatic heterocycles. The van der Waals surface area contributed by atoms with E-state index < -0.39 is 12.0 Å². The summed E-state index contributed by atoms with van der Waals surface area (Å²) in [4.78, 5) is 19.1. The molecule has 0 fully saturated rings. The van der Waals surface area contributed by atoms with E-state index >= 15 is 0 Å². The fraction of sp³-hybridized carbons (Fsp3) is 0.143. The van der Waals surface area contributed by atoms with Crippen LogP contribution in [-0.2, 0) is 0 Å². The third-order valence-corrected chi connectivity index (χ3v) is 4.74. The van der Waals surface area contributed by atoms with Gasteiger partial charge in [0.1, 0.15) is 11.6 Å². The molecule has 0 saturated heterocycles. The Hall–Kier alpha value is -3.12. The molecule has 142 valence electrons. The number of aromatic nitrogens is 1. The van der Waals surface area contributed by atoms with Crippen LogP contribution in [-0.4, -0.2) is 17.5 Å². The minimum Gasteiger partial charge on any atom is -0.494 e. The summed E-state index contributed by atoms with van der Waals surface area (Å²) < 4.78 is 19.0. The summed E-state index contributed by atoms with van der Waals surface area (Å²) in [6, 6.07) is 15.1. The van der Waals surface area contributed by atoms with Crippen molar-refractivity contribution in [2.24, 2.45) is 0 Å². The molecule has 7 heteroatoms. The molecule has 4 rings (SSSR count). The zero-order chi connectivity index (χ0) is 19.7. The second-order valence-corrected chi connectivity index (χ2v) is 6.62. The molecule has 2 aromatic carbocycles. The molecule has 1 aromatic heterocycles. The number of nitrogens with one attached hydrogen (secondary N) is 1.